The van der Waals surface area contributed by atoms with Crippen LogP contribution in [0.5, 0.6) is 0 Å². The summed E-state index contributed by atoms with van der Waals surface area (Å²) in [6.45, 7) is 8.60. The lowest BCUT2D eigenvalue weighted by molar-refractivity contribution is -0.0767. The molecule has 2 N–H and O–H groups in total. The van der Waals surface area contributed by atoms with Gasteiger partial charge < -0.3 is 10.5 Å². The molecule has 0 aromatic heterocycles. The average Bonchev–Trinajstić information content (AvgIpc) is 2.47. The minimum atomic E-state index is -0.161. The third-order valence-electron chi connectivity index (χ3n) is 3.83. The zero-order valence-corrected chi connectivity index (χ0v) is 13.7. The van der Waals surface area contributed by atoms with E-state index in [-0.39, 0.29) is 17.2 Å². The van der Waals surface area contributed by atoms with E-state index in [9.17, 15) is 0 Å². The van der Waals surface area contributed by atoms with Crippen molar-refractivity contribution in [2.24, 2.45) is 11.7 Å². The number of nitrogens with two attached hydrogens (primary N) is 1. The maximum Gasteiger partial charge on any atom is 0.0680 e. The van der Waals surface area contributed by atoms with Crippen LogP contribution in [0.2, 0.25) is 0 Å². The predicted octanol–water partition coefficient (Wildman–Crippen LogP) is 3.88. The van der Waals surface area contributed by atoms with E-state index in [0.717, 1.165) is 6.42 Å². The number of halogens is 1. The van der Waals surface area contributed by atoms with Gasteiger partial charge in [-0.05, 0) is 74.4 Å². The van der Waals surface area contributed by atoms with Crippen molar-refractivity contribution in [1.82, 2.24) is 0 Å². The van der Waals surface area contributed by atoms with Crippen molar-refractivity contribution < 1.29 is 4.74 Å². The Labute approximate surface area is 123 Å². The van der Waals surface area contributed by atoms with Gasteiger partial charge in [0.1, 0.15) is 0 Å². The maximum atomic E-state index is 6.46. The largest absolute Gasteiger partial charge is 0.369 e. The Kier molecular flexibility index (Phi) is 3.78. The fourth-order valence-corrected chi connectivity index (χ4v) is 3.44. The van der Waals surface area contributed by atoms with Crippen LogP contribution in [0.4, 0.5) is 0 Å². The van der Waals surface area contributed by atoms with Crippen LogP contribution in [0.1, 0.15) is 45.7 Å². The highest BCUT2D eigenvalue weighted by Gasteiger charge is 2.48. The van der Waals surface area contributed by atoms with Crippen molar-refractivity contribution in [2.75, 3.05) is 0 Å². The number of ether oxygens (including phenoxy) is 1. The van der Waals surface area contributed by atoms with Gasteiger partial charge in [-0.1, -0.05) is 12.1 Å². The van der Waals surface area contributed by atoms with E-state index < -0.39 is 0 Å². The van der Waals surface area contributed by atoms with Gasteiger partial charge in [-0.2, -0.15) is 0 Å². The summed E-state index contributed by atoms with van der Waals surface area (Å²) in [4.78, 5) is 0. The first-order valence-electron chi connectivity index (χ1n) is 6.42. The molecule has 0 radical (unpaired) electrons. The standard InChI is InChI=1S/C15H22INO/c1-14(2)9-12(15(3,4)18-14)13(17)10-5-7-11(16)8-6-10/h5-8,12-13H,9,17H2,1-4H3. The molecule has 1 aromatic rings. The van der Waals surface area contributed by atoms with Gasteiger partial charge in [0.15, 0.2) is 0 Å². The summed E-state index contributed by atoms with van der Waals surface area (Å²) in [6, 6.07) is 8.54. The minimum absolute atomic E-state index is 0.0405. The lowest BCUT2D eigenvalue weighted by Gasteiger charge is -2.31. The van der Waals surface area contributed by atoms with Crippen molar-refractivity contribution in [3.8, 4) is 0 Å². The molecular formula is C15H22INO. The van der Waals surface area contributed by atoms with E-state index in [1.807, 2.05) is 0 Å². The fourth-order valence-electron chi connectivity index (χ4n) is 3.08. The molecule has 100 valence electrons. The first kappa shape index (κ1) is 14.3. The van der Waals surface area contributed by atoms with E-state index in [2.05, 4.69) is 74.6 Å². The van der Waals surface area contributed by atoms with Gasteiger partial charge in [-0.25, -0.2) is 0 Å². The van der Waals surface area contributed by atoms with Crippen LogP contribution in [-0.2, 0) is 4.74 Å². The van der Waals surface area contributed by atoms with Gasteiger partial charge in [0.05, 0.1) is 11.2 Å². The highest BCUT2D eigenvalue weighted by atomic mass is 127. The highest BCUT2D eigenvalue weighted by Crippen LogP contribution is 2.46. The van der Waals surface area contributed by atoms with Gasteiger partial charge in [-0.15, -0.1) is 0 Å². The van der Waals surface area contributed by atoms with Crippen LogP contribution in [0, 0.1) is 9.49 Å². The fraction of sp³-hybridized carbons (Fsp3) is 0.600. The van der Waals surface area contributed by atoms with Crippen molar-refractivity contribution in [3.05, 3.63) is 33.4 Å². The van der Waals surface area contributed by atoms with Gasteiger partial charge in [0.2, 0.25) is 0 Å². The molecule has 1 fully saturated rings. The molecule has 1 heterocycles. The summed E-state index contributed by atoms with van der Waals surface area (Å²) >= 11 is 2.32. The quantitative estimate of drug-likeness (QED) is 0.814. The Morgan fingerprint density at radius 2 is 1.78 bits per heavy atom. The summed E-state index contributed by atoms with van der Waals surface area (Å²) in [7, 11) is 0. The molecule has 1 aromatic carbocycles. The lowest BCUT2D eigenvalue weighted by Crippen LogP contribution is -2.35. The first-order chi connectivity index (χ1) is 8.21. The Balaban J connectivity index is 2.23. The maximum absolute atomic E-state index is 6.46. The van der Waals surface area contributed by atoms with Gasteiger partial charge in [0, 0.05) is 15.5 Å². The molecule has 2 rings (SSSR count). The van der Waals surface area contributed by atoms with Crippen LogP contribution in [0.3, 0.4) is 0 Å². The van der Waals surface area contributed by atoms with Gasteiger partial charge >= 0.3 is 0 Å². The third-order valence-corrected chi connectivity index (χ3v) is 4.55. The minimum Gasteiger partial charge on any atom is -0.369 e. The molecule has 3 heteroatoms. The molecule has 0 saturated carbocycles. The topological polar surface area (TPSA) is 35.2 Å². The van der Waals surface area contributed by atoms with E-state index in [1.165, 1.54) is 9.13 Å². The van der Waals surface area contributed by atoms with Crippen molar-refractivity contribution >= 4 is 22.6 Å². The Morgan fingerprint density at radius 1 is 1.22 bits per heavy atom. The summed E-state index contributed by atoms with van der Waals surface area (Å²) in [5.41, 5.74) is 7.43. The van der Waals surface area contributed by atoms with Crippen LogP contribution >= 0.6 is 22.6 Å². The molecule has 0 aliphatic carbocycles. The smallest absolute Gasteiger partial charge is 0.0680 e. The molecule has 18 heavy (non-hydrogen) atoms. The van der Waals surface area contributed by atoms with Crippen LogP contribution in [0.15, 0.2) is 24.3 Å². The molecule has 0 spiro atoms. The molecule has 0 amide bonds. The zero-order chi connectivity index (χ0) is 13.6. The monoisotopic (exact) mass is 359 g/mol. The molecule has 2 nitrogen and oxygen atoms in total. The van der Waals surface area contributed by atoms with Gasteiger partial charge in [-0.3, -0.25) is 0 Å². The molecule has 2 unspecified atom stereocenters. The SMILES string of the molecule is CC1(C)CC(C(N)c2ccc(I)cc2)C(C)(C)O1. The summed E-state index contributed by atoms with van der Waals surface area (Å²) in [5, 5.41) is 0. The summed E-state index contributed by atoms with van der Waals surface area (Å²) in [6.07, 6.45) is 1.01. The highest BCUT2D eigenvalue weighted by molar-refractivity contribution is 14.1. The predicted molar refractivity (Wildman–Crippen MR) is 83.4 cm³/mol. The van der Waals surface area contributed by atoms with Crippen molar-refractivity contribution in [2.45, 2.75) is 51.4 Å². The Hall–Kier alpha value is -0.130. The Morgan fingerprint density at radius 3 is 2.22 bits per heavy atom. The summed E-state index contributed by atoms with van der Waals surface area (Å²) < 4.78 is 7.38. The molecule has 1 aliphatic rings. The van der Waals surface area contributed by atoms with Crippen molar-refractivity contribution in [3.63, 3.8) is 0 Å². The number of hydrogen-bond donors (Lipinski definition) is 1. The third kappa shape index (κ3) is 2.89. The second-order valence-corrected chi connectivity index (χ2v) is 7.60. The molecule has 1 aliphatic heterocycles. The lowest BCUT2D eigenvalue weighted by atomic mass is 9.79. The van der Waals surface area contributed by atoms with Crippen LogP contribution < -0.4 is 5.73 Å². The first-order valence-corrected chi connectivity index (χ1v) is 7.50. The molecule has 0 bridgehead atoms. The van der Waals surface area contributed by atoms with Crippen molar-refractivity contribution in [1.29, 1.82) is 0 Å². The molecular weight excluding hydrogens is 337 g/mol. The number of rotatable bonds is 2. The van der Waals surface area contributed by atoms with Crippen LogP contribution in [-0.4, -0.2) is 11.2 Å². The normalized spacial score (nSPS) is 27.1. The Bertz CT molecular complexity index is 425. The number of benzene rings is 1. The molecule has 2 atom stereocenters. The van der Waals surface area contributed by atoms with Gasteiger partial charge in [0.25, 0.3) is 0 Å². The second kappa shape index (κ2) is 4.76. The molecule has 1 saturated heterocycles. The second-order valence-electron chi connectivity index (χ2n) is 6.35. The van der Waals surface area contributed by atoms with E-state index in [1.54, 1.807) is 0 Å². The van der Waals surface area contributed by atoms with Crippen LogP contribution in [0.25, 0.3) is 0 Å². The zero-order valence-electron chi connectivity index (χ0n) is 11.5. The average molecular weight is 359 g/mol. The van der Waals surface area contributed by atoms with E-state index >= 15 is 0 Å². The summed E-state index contributed by atoms with van der Waals surface area (Å²) in [5.74, 6) is 0.354. The van der Waals surface area contributed by atoms with E-state index in [4.69, 9.17) is 10.5 Å². The number of hydrogen-bond acceptors (Lipinski definition) is 2. The van der Waals surface area contributed by atoms with E-state index in [0.29, 0.717) is 5.92 Å².